The molecule has 0 bridgehead atoms. The van der Waals surface area contributed by atoms with Gasteiger partial charge in [-0.15, -0.1) is 0 Å². The third kappa shape index (κ3) is 3.17. The molecule has 0 atom stereocenters. The van der Waals surface area contributed by atoms with Gasteiger partial charge in [-0.05, 0) is 19.3 Å². The van der Waals surface area contributed by atoms with Crippen molar-refractivity contribution in [3.8, 4) is 0 Å². The molecule has 1 rings (SSSR count). The zero-order chi connectivity index (χ0) is 9.68. The van der Waals surface area contributed by atoms with E-state index in [-0.39, 0.29) is 17.9 Å². The van der Waals surface area contributed by atoms with Gasteiger partial charge in [0.2, 0.25) is 0 Å². The van der Waals surface area contributed by atoms with Gasteiger partial charge in [0, 0.05) is 6.42 Å². The molecular weight excluding hydrogens is 168 g/mol. The number of esters is 2. The number of ether oxygens (including phenoxy) is 1. The Kier molecular flexibility index (Phi) is 3.93. The van der Waals surface area contributed by atoms with Gasteiger partial charge in [0.05, 0.1) is 5.92 Å². The SMILES string of the molecule is CCCC(=O)OC(=O)C1CCCC1. The van der Waals surface area contributed by atoms with Gasteiger partial charge in [-0.3, -0.25) is 9.59 Å². The number of hydrogen-bond donors (Lipinski definition) is 0. The van der Waals surface area contributed by atoms with Gasteiger partial charge in [-0.2, -0.15) is 0 Å². The molecule has 0 aromatic heterocycles. The quantitative estimate of drug-likeness (QED) is 0.498. The summed E-state index contributed by atoms with van der Waals surface area (Å²) >= 11 is 0. The van der Waals surface area contributed by atoms with Crippen molar-refractivity contribution in [2.45, 2.75) is 45.4 Å². The van der Waals surface area contributed by atoms with Crippen LogP contribution in [0.5, 0.6) is 0 Å². The minimum atomic E-state index is -0.376. The lowest BCUT2D eigenvalue weighted by molar-refractivity contribution is -0.162. The Bertz CT molecular complexity index is 192. The Morgan fingerprint density at radius 1 is 1.31 bits per heavy atom. The standard InChI is InChI=1S/C10H16O3/c1-2-5-9(11)13-10(12)8-6-3-4-7-8/h8H,2-7H2,1H3. The van der Waals surface area contributed by atoms with Gasteiger partial charge in [0.1, 0.15) is 0 Å². The fourth-order valence-electron chi connectivity index (χ4n) is 1.61. The van der Waals surface area contributed by atoms with Crippen LogP contribution < -0.4 is 0 Å². The molecule has 0 saturated heterocycles. The van der Waals surface area contributed by atoms with Crippen LogP contribution in [0.2, 0.25) is 0 Å². The molecule has 0 amide bonds. The van der Waals surface area contributed by atoms with Crippen molar-refractivity contribution >= 4 is 11.9 Å². The topological polar surface area (TPSA) is 43.4 Å². The fourth-order valence-corrected chi connectivity index (χ4v) is 1.61. The largest absolute Gasteiger partial charge is 0.393 e. The van der Waals surface area contributed by atoms with Crippen molar-refractivity contribution in [1.29, 1.82) is 0 Å². The van der Waals surface area contributed by atoms with Crippen molar-refractivity contribution < 1.29 is 14.3 Å². The Morgan fingerprint density at radius 3 is 2.46 bits per heavy atom. The fraction of sp³-hybridized carbons (Fsp3) is 0.800. The summed E-state index contributed by atoms with van der Waals surface area (Å²) in [6, 6.07) is 0. The maximum atomic E-state index is 11.3. The lowest BCUT2D eigenvalue weighted by Crippen LogP contribution is -2.18. The van der Waals surface area contributed by atoms with Gasteiger partial charge in [-0.25, -0.2) is 0 Å². The van der Waals surface area contributed by atoms with E-state index in [9.17, 15) is 9.59 Å². The highest BCUT2D eigenvalue weighted by molar-refractivity contribution is 5.86. The highest BCUT2D eigenvalue weighted by atomic mass is 16.6. The molecule has 0 aromatic rings. The van der Waals surface area contributed by atoms with Crippen LogP contribution in [0.1, 0.15) is 45.4 Å². The van der Waals surface area contributed by atoms with Gasteiger partial charge in [0.25, 0.3) is 0 Å². The lowest BCUT2D eigenvalue weighted by atomic mass is 10.1. The van der Waals surface area contributed by atoms with Gasteiger partial charge >= 0.3 is 11.9 Å². The highest BCUT2D eigenvalue weighted by Gasteiger charge is 2.25. The zero-order valence-electron chi connectivity index (χ0n) is 8.04. The first-order chi connectivity index (χ1) is 6.24. The van der Waals surface area contributed by atoms with E-state index in [1.807, 2.05) is 6.92 Å². The lowest BCUT2D eigenvalue weighted by Gasteiger charge is -2.06. The molecule has 0 aromatic carbocycles. The molecule has 74 valence electrons. The molecule has 13 heavy (non-hydrogen) atoms. The first-order valence-corrected chi connectivity index (χ1v) is 4.98. The van der Waals surface area contributed by atoms with Gasteiger partial charge < -0.3 is 4.74 Å². The van der Waals surface area contributed by atoms with E-state index in [4.69, 9.17) is 4.74 Å². The molecule has 3 heteroatoms. The summed E-state index contributed by atoms with van der Waals surface area (Å²) in [7, 11) is 0. The van der Waals surface area contributed by atoms with Crippen molar-refractivity contribution in [3.05, 3.63) is 0 Å². The molecule has 0 heterocycles. The predicted molar refractivity (Wildman–Crippen MR) is 48.0 cm³/mol. The van der Waals surface area contributed by atoms with Crippen LogP contribution in [-0.4, -0.2) is 11.9 Å². The third-order valence-corrected chi connectivity index (χ3v) is 2.36. The first kappa shape index (κ1) is 10.2. The Balaban J connectivity index is 2.27. The molecule has 3 nitrogen and oxygen atoms in total. The molecule has 0 spiro atoms. The molecular formula is C10H16O3. The van der Waals surface area contributed by atoms with Crippen molar-refractivity contribution in [1.82, 2.24) is 0 Å². The van der Waals surface area contributed by atoms with Gasteiger partial charge in [-0.1, -0.05) is 19.8 Å². The molecule has 1 aliphatic rings. The van der Waals surface area contributed by atoms with E-state index in [0.29, 0.717) is 6.42 Å². The van der Waals surface area contributed by atoms with Crippen molar-refractivity contribution in [2.24, 2.45) is 5.92 Å². The molecule has 0 radical (unpaired) electrons. The second-order valence-electron chi connectivity index (χ2n) is 3.52. The van der Waals surface area contributed by atoms with Gasteiger partial charge in [0.15, 0.2) is 0 Å². The zero-order valence-corrected chi connectivity index (χ0v) is 8.04. The summed E-state index contributed by atoms with van der Waals surface area (Å²) in [4.78, 5) is 22.3. The maximum absolute atomic E-state index is 11.3. The number of carbonyl (C=O) groups is 2. The Hall–Kier alpha value is -0.860. The van der Waals surface area contributed by atoms with Crippen LogP contribution in [0, 0.1) is 5.92 Å². The van der Waals surface area contributed by atoms with Crippen LogP contribution in [0.4, 0.5) is 0 Å². The smallest absolute Gasteiger partial charge is 0.316 e. The summed E-state index contributed by atoms with van der Waals surface area (Å²) in [6.07, 6.45) is 5.02. The molecule has 1 fully saturated rings. The second kappa shape index (κ2) is 5.00. The van der Waals surface area contributed by atoms with E-state index in [1.54, 1.807) is 0 Å². The molecule has 1 aliphatic carbocycles. The Morgan fingerprint density at radius 2 is 1.92 bits per heavy atom. The first-order valence-electron chi connectivity index (χ1n) is 4.98. The van der Waals surface area contributed by atoms with Crippen LogP contribution in [0.15, 0.2) is 0 Å². The van der Waals surface area contributed by atoms with E-state index in [1.165, 1.54) is 0 Å². The molecule has 1 saturated carbocycles. The number of hydrogen-bond acceptors (Lipinski definition) is 3. The van der Waals surface area contributed by atoms with Crippen molar-refractivity contribution in [2.75, 3.05) is 0 Å². The van der Waals surface area contributed by atoms with E-state index >= 15 is 0 Å². The average Bonchev–Trinajstić information content (AvgIpc) is 2.55. The monoisotopic (exact) mass is 184 g/mol. The van der Waals surface area contributed by atoms with E-state index in [2.05, 4.69) is 0 Å². The molecule has 0 aliphatic heterocycles. The maximum Gasteiger partial charge on any atom is 0.316 e. The van der Waals surface area contributed by atoms with E-state index in [0.717, 1.165) is 32.1 Å². The Labute approximate surface area is 78.5 Å². The van der Waals surface area contributed by atoms with Crippen LogP contribution in [0.25, 0.3) is 0 Å². The summed E-state index contributed by atoms with van der Waals surface area (Å²) in [5.41, 5.74) is 0. The third-order valence-electron chi connectivity index (χ3n) is 2.36. The van der Waals surface area contributed by atoms with Crippen molar-refractivity contribution in [3.63, 3.8) is 0 Å². The number of carbonyl (C=O) groups excluding carboxylic acids is 2. The molecule has 0 N–H and O–H groups in total. The summed E-state index contributed by atoms with van der Waals surface area (Å²) in [5.74, 6) is -0.698. The summed E-state index contributed by atoms with van der Waals surface area (Å²) in [5, 5.41) is 0. The normalized spacial score (nSPS) is 17.3. The van der Waals surface area contributed by atoms with Crippen LogP contribution in [0.3, 0.4) is 0 Å². The average molecular weight is 184 g/mol. The number of rotatable bonds is 3. The molecule has 0 unspecified atom stereocenters. The predicted octanol–water partition coefficient (Wildman–Crippen LogP) is 2.05. The minimum absolute atomic E-state index is 0.0131. The highest BCUT2D eigenvalue weighted by Crippen LogP contribution is 2.25. The second-order valence-corrected chi connectivity index (χ2v) is 3.52. The minimum Gasteiger partial charge on any atom is -0.393 e. The van der Waals surface area contributed by atoms with Crippen LogP contribution in [-0.2, 0) is 14.3 Å². The summed E-state index contributed by atoms with van der Waals surface area (Å²) in [6.45, 7) is 1.89. The van der Waals surface area contributed by atoms with E-state index < -0.39 is 0 Å². The van der Waals surface area contributed by atoms with Crippen LogP contribution >= 0.6 is 0 Å². The summed E-state index contributed by atoms with van der Waals surface area (Å²) < 4.78 is 4.70.